The fraction of sp³-hybridized carbons (Fsp3) is 0.364. The number of fused-ring (bicyclic) bond motifs is 1. The van der Waals surface area contributed by atoms with Gasteiger partial charge in [0.05, 0.1) is 5.52 Å². The van der Waals surface area contributed by atoms with E-state index in [9.17, 15) is 9.59 Å². The van der Waals surface area contributed by atoms with Gasteiger partial charge >= 0.3 is 5.76 Å². The number of aromatic nitrogens is 1. The Morgan fingerprint density at radius 2 is 1.86 bits per heavy atom. The SMILES string of the molecule is CC(C(=O)NCC1(c2ccc(Cl)cc2)CCOCC1)n1c(=O)oc2ccccc21. The molecular weight excluding hydrogens is 392 g/mol. The van der Waals surface area contributed by atoms with Crippen LogP contribution in [0, 0.1) is 0 Å². The average molecular weight is 415 g/mol. The number of ether oxygens (including phenoxy) is 1. The van der Waals surface area contributed by atoms with Crippen molar-refractivity contribution in [1.29, 1.82) is 0 Å². The standard InChI is InChI=1S/C22H23ClN2O4/c1-15(25-18-4-2-3-5-19(18)29-21(25)27)20(26)24-14-22(10-12-28-13-11-22)16-6-8-17(23)9-7-16/h2-9,15H,10-14H2,1H3,(H,24,26). The monoisotopic (exact) mass is 414 g/mol. The van der Waals surface area contributed by atoms with E-state index in [-0.39, 0.29) is 11.3 Å². The van der Waals surface area contributed by atoms with Crippen molar-refractivity contribution in [3.05, 3.63) is 69.7 Å². The van der Waals surface area contributed by atoms with Crippen molar-refractivity contribution in [2.75, 3.05) is 19.8 Å². The van der Waals surface area contributed by atoms with Gasteiger partial charge in [0.1, 0.15) is 6.04 Å². The highest BCUT2D eigenvalue weighted by Crippen LogP contribution is 2.35. The Morgan fingerprint density at radius 1 is 1.17 bits per heavy atom. The molecule has 1 fully saturated rings. The van der Waals surface area contributed by atoms with E-state index in [0.717, 1.165) is 18.4 Å². The Kier molecular flexibility index (Phi) is 5.48. The van der Waals surface area contributed by atoms with Crippen LogP contribution in [0.2, 0.25) is 5.02 Å². The van der Waals surface area contributed by atoms with Gasteiger partial charge in [0, 0.05) is 30.2 Å². The van der Waals surface area contributed by atoms with Crippen LogP contribution in [0.5, 0.6) is 0 Å². The summed E-state index contributed by atoms with van der Waals surface area (Å²) in [6, 6.07) is 14.2. The molecule has 0 bridgehead atoms. The molecule has 0 aliphatic carbocycles. The van der Waals surface area contributed by atoms with Crippen LogP contribution in [0.4, 0.5) is 0 Å². The van der Waals surface area contributed by atoms with E-state index >= 15 is 0 Å². The van der Waals surface area contributed by atoms with Gasteiger partial charge in [0.15, 0.2) is 5.58 Å². The highest BCUT2D eigenvalue weighted by atomic mass is 35.5. The molecule has 1 atom stereocenters. The van der Waals surface area contributed by atoms with Crippen LogP contribution >= 0.6 is 11.6 Å². The fourth-order valence-corrected chi connectivity index (χ4v) is 4.13. The first-order chi connectivity index (χ1) is 14.0. The third-order valence-electron chi connectivity index (χ3n) is 5.79. The second-order valence-corrected chi connectivity index (χ2v) is 7.94. The summed E-state index contributed by atoms with van der Waals surface area (Å²) < 4.78 is 12.2. The summed E-state index contributed by atoms with van der Waals surface area (Å²) in [4.78, 5) is 25.2. The number of benzene rings is 2. The number of nitrogens with one attached hydrogen (secondary N) is 1. The van der Waals surface area contributed by atoms with Gasteiger partial charge in [-0.3, -0.25) is 9.36 Å². The maximum absolute atomic E-state index is 12.9. The number of para-hydroxylation sites is 2. The van der Waals surface area contributed by atoms with Crippen molar-refractivity contribution in [3.8, 4) is 0 Å². The minimum absolute atomic E-state index is 0.221. The summed E-state index contributed by atoms with van der Waals surface area (Å²) in [5.41, 5.74) is 1.99. The maximum atomic E-state index is 12.9. The molecule has 7 heteroatoms. The molecule has 3 aromatic rings. The van der Waals surface area contributed by atoms with Gasteiger partial charge in [-0.15, -0.1) is 0 Å². The number of carbonyl (C=O) groups is 1. The van der Waals surface area contributed by atoms with Gasteiger partial charge in [0.2, 0.25) is 5.91 Å². The smallest absolute Gasteiger partial charge is 0.408 e. The third-order valence-corrected chi connectivity index (χ3v) is 6.04. The molecule has 29 heavy (non-hydrogen) atoms. The van der Waals surface area contributed by atoms with E-state index in [0.29, 0.717) is 35.9 Å². The van der Waals surface area contributed by atoms with Crippen molar-refractivity contribution < 1.29 is 13.9 Å². The summed E-state index contributed by atoms with van der Waals surface area (Å²) >= 11 is 6.05. The van der Waals surface area contributed by atoms with E-state index in [1.807, 2.05) is 30.3 Å². The summed E-state index contributed by atoms with van der Waals surface area (Å²) in [6.07, 6.45) is 1.61. The maximum Gasteiger partial charge on any atom is 0.420 e. The lowest BCUT2D eigenvalue weighted by Crippen LogP contribution is -2.46. The molecule has 1 aliphatic heterocycles. The van der Waals surface area contributed by atoms with E-state index in [1.165, 1.54) is 4.57 Å². The number of halogens is 1. The molecule has 152 valence electrons. The van der Waals surface area contributed by atoms with Crippen molar-refractivity contribution in [2.24, 2.45) is 0 Å². The molecule has 1 N–H and O–H groups in total. The zero-order valence-corrected chi connectivity index (χ0v) is 16.9. The van der Waals surface area contributed by atoms with Gasteiger partial charge in [-0.05, 0) is 49.6 Å². The van der Waals surface area contributed by atoms with Crippen LogP contribution in [0.25, 0.3) is 11.1 Å². The zero-order chi connectivity index (χ0) is 20.4. The summed E-state index contributed by atoms with van der Waals surface area (Å²) in [5.74, 6) is -0.759. The second kappa shape index (κ2) is 8.05. The van der Waals surface area contributed by atoms with E-state index in [2.05, 4.69) is 5.32 Å². The first kappa shape index (κ1) is 19.7. The van der Waals surface area contributed by atoms with E-state index < -0.39 is 11.8 Å². The number of nitrogens with zero attached hydrogens (tertiary/aromatic N) is 1. The van der Waals surface area contributed by atoms with Gasteiger partial charge < -0.3 is 14.5 Å². The van der Waals surface area contributed by atoms with Crippen molar-refractivity contribution in [3.63, 3.8) is 0 Å². The Balaban J connectivity index is 1.55. The Labute approximate surface area is 173 Å². The minimum atomic E-state index is -0.687. The van der Waals surface area contributed by atoms with Crippen LogP contribution in [0.3, 0.4) is 0 Å². The van der Waals surface area contributed by atoms with Gasteiger partial charge in [0.25, 0.3) is 0 Å². The lowest BCUT2D eigenvalue weighted by atomic mass is 9.74. The molecule has 2 aromatic carbocycles. The molecular formula is C22H23ClN2O4. The van der Waals surface area contributed by atoms with Crippen molar-refractivity contribution in [2.45, 2.75) is 31.2 Å². The highest BCUT2D eigenvalue weighted by molar-refractivity contribution is 6.30. The molecule has 4 rings (SSSR count). The van der Waals surface area contributed by atoms with Gasteiger partial charge in [-0.25, -0.2) is 4.79 Å². The number of carbonyl (C=O) groups excluding carboxylic acids is 1. The largest absolute Gasteiger partial charge is 0.420 e. The predicted octanol–water partition coefficient (Wildman–Crippen LogP) is 3.67. The van der Waals surface area contributed by atoms with E-state index in [4.69, 9.17) is 20.8 Å². The number of oxazole rings is 1. The number of amides is 1. The zero-order valence-electron chi connectivity index (χ0n) is 16.2. The van der Waals surface area contributed by atoms with Crippen molar-refractivity contribution >= 4 is 28.6 Å². The number of hydrogen-bond acceptors (Lipinski definition) is 4. The van der Waals surface area contributed by atoms with Crippen LogP contribution in [-0.4, -0.2) is 30.2 Å². The van der Waals surface area contributed by atoms with E-state index in [1.54, 1.807) is 25.1 Å². The Hall–Kier alpha value is -2.57. The molecule has 0 spiro atoms. The topological polar surface area (TPSA) is 73.5 Å². The lowest BCUT2D eigenvalue weighted by molar-refractivity contribution is -0.124. The molecule has 0 saturated carbocycles. The predicted molar refractivity (Wildman–Crippen MR) is 111 cm³/mol. The second-order valence-electron chi connectivity index (χ2n) is 7.50. The molecule has 1 unspecified atom stereocenters. The lowest BCUT2D eigenvalue weighted by Gasteiger charge is -2.38. The summed E-state index contributed by atoms with van der Waals surface area (Å²) in [7, 11) is 0. The first-order valence-corrected chi connectivity index (χ1v) is 10.1. The van der Waals surface area contributed by atoms with Gasteiger partial charge in [-0.1, -0.05) is 35.9 Å². The van der Waals surface area contributed by atoms with Crippen LogP contribution in [0.1, 0.15) is 31.4 Å². The molecule has 2 heterocycles. The van der Waals surface area contributed by atoms with Crippen LogP contribution in [-0.2, 0) is 14.9 Å². The average Bonchev–Trinajstić information content (AvgIpc) is 3.08. The third kappa shape index (κ3) is 3.82. The molecule has 1 aliphatic rings. The summed E-state index contributed by atoms with van der Waals surface area (Å²) in [6.45, 7) is 3.45. The Bertz CT molecular complexity index is 1060. The molecule has 0 radical (unpaired) electrons. The quantitative estimate of drug-likeness (QED) is 0.691. The number of hydrogen-bond donors (Lipinski definition) is 1. The van der Waals surface area contributed by atoms with Crippen LogP contribution in [0.15, 0.2) is 57.7 Å². The van der Waals surface area contributed by atoms with Gasteiger partial charge in [-0.2, -0.15) is 0 Å². The molecule has 1 amide bonds. The molecule has 1 aromatic heterocycles. The first-order valence-electron chi connectivity index (χ1n) is 9.72. The van der Waals surface area contributed by atoms with Crippen molar-refractivity contribution in [1.82, 2.24) is 9.88 Å². The number of rotatable bonds is 5. The summed E-state index contributed by atoms with van der Waals surface area (Å²) in [5, 5.41) is 3.74. The normalized spacial score (nSPS) is 17.2. The Morgan fingerprint density at radius 3 is 2.59 bits per heavy atom. The van der Waals surface area contributed by atoms with Crippen LogP contribution < -0.4 is 11.1 Å². The molecule has 6 nitrogen and oxygen atoms in total. The highest BCUT2D eigenvalue weighted by Gasteiger charge is 2.35. The fourth-order valence-electron chi connectivity index (χ4n) is 4.01. The molecule has 1 saturated heterocycles. The minimum Gasteiger partial charge on any atom is -0.408 e.